The highest BCUT2D eigenvalue weighted by Crippen LogP contribution is 2.20. The summed E-state index contributed by atoms with van der Waals surface area (Å²) in [7, 11) is -3.71. The van der Waals surface area contributed by atoms with Gasteiger partial charge in [-0.15, -0.1) is 0 Å². The van der Waals surface area contributed by atoms with Crippen molar-refractivity contribution >= 4 is 10.0 Å². The molecule has 1 heterocycles. The molecule has 1 aliphatic heterocycles. The number of sulfonamides is 1. The fourth-order valence-corrected chi connectivity index (χ4v) is 4.23. The molecule has 1 fully saturated rings. The van der Waals surface area contributed by atoms with Crippen molar-refractivity contribution in [3.63, 3.8) is 0 Å². The molecule has 3 rings (SSSR count). The molecular formula is C20H23N3O3S. The molecule has 27 heavy (non-hydrogen) atoms. The molecule has 2 aromatic carbocycles. The van der Waals surface area contributed by atoms with E-state index in [1.165, 1.54) is 24.3 Å². The number of hydrogen-bond acceptors (Lipinski definition) is 5. The number of rotatable bonds is 6. The maximum Gasteiger partial charge on any atom is 0.241 e. The summed E-state index contributed by atoms with van der Waals surface area (Å²) in [5.74, 6) is 0. The van der Waals surface area contributed by atoms with Gasteiger partial charge in [-0.3, -0.25) is 4.90 Å². The van der Waals surface area contributed by atoms with Crippen molar-refractivity contribution in [3.05, 3.63) is 65.2 Å². The van der Waals surface area contributed by atoms with Crippen LogP contribution < -0.4 is 4.72 Å². The molecule has 0 saturated carbocycles. The average molecular weight is 385 g/mol. The monoisotopic (exact) mass is 385 g/mol. The van der Waals surface area contributed by atoms with Crippen molar-refractivity contribution in [1.29, 1.82) is 5.26 Å². The summed E-state index contributed by atoms with van der Waals surface area (Å²) >= 11 is 0. The lowest BCUT2D eigenvalue weighted by molar-refractivity contribution is 0.0345. The SMILES string of the molecule is Cc1ccc([C@@H](CN2CCOCC2)NS(=O)(=O)c2ccc(C#N)cc2)cc1. The second-order valence-corrected chi connectivity index (χ2v) is 8.35. The van der Waals surface area contributed by atoms with Gasteiger partial charge in [0.15, 0.2) is 0 Å². The van der Waals surface area contributed by atoms with Crippen LogP contribution in [0.3, 0.4) is 0 Å². The molecule has 6 nitrogen and oxygen atoms in total. The first-order valence-electron chi connectivity index (χ1n) is 8.87. The average Bonchev–Trinajstić information content (AvgIpc) is 2.69. The fourth-order valence-electron chi connectivity index (χ4n) is 3.02. The van der Waals surface area contributed by atoms with Crippen LogP contribution in [-0.2, 0) is 14.8 Å². The number of ether oxygens (including phenoxy) is 1. The fraction of sp³-hybridized carbons (Fsp3) is 0.350. The smallest absolute Gasteiger partial charge is 0.241 e. The van der Waals surface area contributed by atoms with Gasteiger partial charge in [-0.2, -0.15) is 5.26 Å². The van der Waals surface area contributed by atoms with Crippen LogP contribution in [-0.4, -0.2) is 46.2 Å². The van der Waals surface area contributed by atoms with Gasteiger partial charge in [0.05, 0.1) is 35.8 Å². The molecule has 0 spiro atoms. The third kappa shape index (κ3) is 5.15. The second-order valence-electron chi connectivity index (χ2n) is 6.63. The molecule has 1 atom stereocenters. The summed E-state index contributed by atoms with van der Waals surface area (Å²) in [6.45, 7) is 5.44. The summed E-state index contributed by atoms with van der Waals surface area (Å²) in [4.78, 5) is 2.36. The zero-order chi connectivity index (χ0) is 19.3. The summed E-state index contributed by atoms with van der Waals surface area (Å²) in [6, 6.07) is 15.5. The quantitative estimate of drug-likeness (QED) is 0.824. The van der Waals surface area contributed by atoms with Crippen molar-refractivity contribution in [1.82, 2.24) is 9.62 Å². The third-order valence-corrected chi connectivity index (χ3v) is 6.10. The summed E-state index contributed by atoms with van der Waals surface area (Å²) in [5.41, 5.74) is 2.47. The number of nitriles is 1. The van der Waals surface area contributed by atoms with Crippen LogP contribution in [0.2, 0.25) is 0 Å². The van der Waals surface area contributed by atoms with Gasteiger partial charge >= 0.3 is 0 Å². The maximum atomic E-state index is 12.9. The standard InChI is InChI=1S/C20H23N3O3S/c1-16-2-6-18(7-3-16)20(15-23-10-12-26-13-11-23)22-27(24,25)19-8-4-17(14-21)5-9-19/h2-9,20,22H,10-13,15H2,1H3/t20-/m1/s1. The first-order valence-corrected chi connectivity index (χ1v) is 10.4. The normalized spacial score (nSPS) is 16.6. The molecule has 0 radical (unpaired) electrons. The Morgan fingerprint density at radius 1 is 1.11 bits per heavy atom. The molecule has 1 aliphatic rings. The van der Waals surface area contributed by atoms with E-state index in [0.717, 1.165) is 24.2 Å². The molecule has 2 aromatic rings. The molecule has 1 saturated heterocycles. The first kappa shape index (κ1) is 19.5. The molecule has 0 aromatic heterocycles. The van der Waals surface area contributed by atoms with E-state index < -0.39 is 10.0 Å². The Morgan fingerprint density at radius 3 is 2.33 bits per heavy atom. The van der Waals surface area contributed by atoms with E-state index in [2.05, 4.69) is 9.62 Å². The minimum atomic E-state index is -3.71. The Labute approximate surface area is 160 Å². The minimum absolute atomic E-state index is 0.153. The lowest BCUT2D eigenvalue weighted by Crippen LogP contribution is -2.43. The van der Waals surface area contributed by atoms with E-state index in [9.17, 15) is 8.42 Å². The van der Waals surface area contributed by atoms with Crippen LogP contribution >= 0.6 is 0 Å². The molecule has 0 amide bonds. The highest BCUT2D eigenvalue weighted by Gasteiger charge is 2.24. The molecule has 7 heteroatoms. The van der Waals surface area contributed by atoms with E-state index >= 15 is 0 Å². The number of benzene rings is 2. The van der Waals surface area contributed by atoms with Gasteiger partial charge in [0.2, 0.25) is 10.0 Å². The van der Waals surface area contributed by atoms with Gasteiger partial charge in [-0.25, -0.2) is 13.1 Å². The topological polar surface area (TPSA) is 82.4 Å². The van der Waals surface area contributed by atoms with Crippen LogP contribution in [0.4, 0.5) is 0 Å². The van der Waals surface area contributed by atoms with Crippen LogP contribution in [0.25, 0.3) is 0 Å². The number of morpholine rings is 1. The van der Waals surface area contributed by atoms with E-state index in [4.69, 9.17) is 10.00 Å². The largest absolute Gasteiger partial charge is 0.379 e. The van der Waals surface area contributed by atoms with E-state index in [0.29, 0.717) is 25.3 Å². The van der Waals surface area contributed by atoms with Crippen LogP contribution in [0.15, 0.2) is 53.4 Å². The predicted molar refractivity (Wildman–Crippen MR) is 103 cm³/mol. The molecule has 1 N–H and O–H groups in total. The van der Waals surface area contributed by atoms with Crippen LogP contribution in [0.1, 0.15) is 22.7 Å². The van der Waals surface area contributed by atoms with Crippen molar-refractivity contribution in [3.8, 4) is 6.07 Å². The zero-order valence-corrected chi connectivity index (χ0v) is 16.1. The predicted octanol–water partition coefficient (Wildman–Crippen LogP) is 2.22. The highest BCUT2D eigenvalue weighted by molar-refractivity contribution is 7.89. The van der Waals surface area contributed by atoms with Crippen molar-refractivity contribution in [2.45, 2.75) is 17.9 Å². The minimum Gasteiger partial charge on any atom is -0.379 e. The summed E-state index contributed by atoms with van der Waals surface area (Å²) < 4.78 is 34.0. The van der Waals surface area contributed by atoms with Crippen LogP contribution in [0, 0.1) is 18.3 Å². The zero-order valence-electron chi connectivity index (χ0n) is 15.3. The highest BCUT2D eigenvalue weighted by atomic mass is 32.2. The lowest BCUT2D eigenvalue weighted by atomic mass is 10.1. The summed E-state index contributed by atoms with van der Waals surface area (Å²) in [6.07, 6.45) is 0. The number of nitrogens with zero attached hydrogens (tertiary/aromatic N) is 2. The molecule has 142 valence electrons. The van der Waals surface area contributed by atoms with Crippen molar-refractivity contribution in [2.75, 3.05) is 32.8 Å². The Balaban J connectivity index is 1.84. The third-order valence-electron chi connectivity index (χ3n) is 4.62. The Bertz CT molecular complexity index is 897. The van der Waals surface area contributed by atoms with E-state index in [1.807, 2.05) is 37.3 Å². The van der Waals surface area contributed by atoms with Gasteiger partial charge in [-0.05, 0) is 36.8 Å². The molecular weight excluding hydrogens is 362 g/mol. The van der Waals surface area contributed by atoms with Crippen molar-refractivity contribution in [2.24, 2.45) is 0 Å². The Hall–Kier alpha value is -2.24. The van der Waals surface area contributed by atoms with Crippen molar-refractivity contribution < 1.29 is 13.2 Å². The van der Waals surface area contributed by atoms with Gasteiger partial charge in [0, 0.05) is 19.6 Å². The molecule has 0 aliphatic carbocycles. The van der Waals surface area contributed by atoms with E-state index in [1.54, 1.807) is 0 Å². The van der Waals surface area contributed by atoms with Gasteiger partial charge in [-0.1, -0.05) is 29.8 Å². The van der Waals surface area contributed by atoms with Gasteiger partial charge in [0.25, 0.3) is 0 Å². The Kier molecular flexibility index (Phi) is 6.24. The van der Waals surface area contributed by atoms with Gasteiger partial charge < -0.3 is 4.74 Å². The van der Waals surface area contributed by atoms with Gasteiger partial charge in [0.1, 0.15) is 0 Å². The summed E-state index contributed by atoms with van der Waals surface area (Å²) in [5, 5.41) is 8.90. The number of nitrogens with one attached hydrogen (secondary N) is 1. The second kappa shape index (κ2) is 8.63. The molecule has 0 bridgehead atoms. The number of aryl methyl sites for hydroxylation is 1. The maximum absolute atomic E-state index is 12.9. The molecule has 0 unspecified atom stereocenters. The Morgan fingerprint density at radius 2 is 1.74 bits per heavy atom. The van der Waals surface area contributed by atoms with E-state index in [-0.39, 0.29) is 10.9 Å². The first-order chi connectivity index (χ1) is 13.0. The number of hydrogen-bond donors (Lipinski definition) is 1. The van der Waals surface area contributed by atoms with Crippen LogP contribution in [0.5, 0.6) is 0 Å². The lowest BCUT2D eigenvalue weighted by Gasteiger charge is -2.31.